The molecule has 0 unspecified atom stereocenters. The highest BCUT2D eigenvalue weighted by molar-refractivity contribution is 5.93. The zero-order valence-electron chi connectivity index (χ0n) is 17.1. The van der Waals surface area contributed by atoms with Crippen LogP contribution in [0.3, 0.4) is 0 Å². The lowest BCUT2D eigenvalue weighted by Crippen LogP contribution is -2.38. The number of hydrogen-bond acceptors (Lipinski definition) is 7. The molecule has 1 amide bonds. The van der Waals surface area contributed by atoms with E-state index in [1.807, 2.05) is 55.5 Å². The fraction of sp³-hybridized carbons (Fsp3) is 0.273. The van der Waals surface area contributed by atoms with Gasteiger partial charge in [-0.25, -0.2) is 0 Å². The first-order valence-electron chi connectivity index (χ1n) is 10.3. The number of piperidine rings is 1. The van der Waals surface area contributed by atoms with Crippen molar-refractivity contribution in [3.63, 3.8) is 0 Å². The molecule has 31 heavy (non-hydrogen) atoms. The molecule has 0 saturated carbocycles. The Hall–Kier alpha value is -3.88. The van der Waals surface area contributed by atoms with E-state index >= 15 is 0 Å². The van der Waals surface area contributed by atoms with Gasteiger partial charge in [-0.15, -0.1) is 15.3 Å². The van der Waals surface area contributed by atoms with Gasteiger partial charge in [-0.05, 0) is 56.2 Å². The lowest BCUT2D eigenvalue weighted by atomic mass is 9.95. The summed E-state index contributed by atoms with van der Waals surface area (Å²) in [4.78, 5) is 15.0. The van der Waals surface area contributed by atoms with Crippen LogP contribution in [-0.2, 0) is 4.79 Å². The van der Waals surface area contributed by atoms with Crippen LogP contribution in [0.1, 0.15) is 18.5 Å². The maximum absolute atomic E-state index is 12.8. The van der Waals surface area contributed by atoms with Gasteiger partial charge in [0.25, 0.3) is 0 Å². The van der Waals surface area contributed by atoms with E-state index in [1.54, 1.807) is 10.8 Å². The highest BCUT2D eigenvalue weighted by Crippen LogP contribution is 2.25. The normalized spacial score (nSPS) is 14.7. The quantitative estimate of drug-likeness (QED) is 0.548. The second kappa shape index (κ2) is 8.10. The van der Waals surface area contributed by atoms with E-state index in [9.17, 15) is 4.79 Å². The predicted octanol–water partition coefficient (Wildman–Crippen LogP) is 2.74. The number of hydrogen-bond donors (Lipinski definition) is 1. The lowest BCUT2D eigenvalue weighted by molar-refractivity contribution is -0.120. The fourth-order valence-electron chi connectivity index (χ4n) is 3.81. The maximum atomic E-state index is 12.8. The van der Waals surface area contributed by atoms with E-state index in [-0.39, 0.29) is 11.8 Å². The minimum absolute atomic E-state index is 0.0233. The molecule has 0 aliphatic carbocycles. The van der Waals surface area contributed by atoms with E-state index in [1.165, 1.54) is 0 Å². The molecular weight excluding hydrogens is 392 g/mol. The van der Waals surface area contributed by atoms with Gasteiger partial charge >= 0.3 is 0 Å². The zero-order chi connectivity index (χ0) is 21.2. The van der Waals surface area contributed by atoms with E-state index < -0.39 is 0 Å². The number of aromatic nitrogens is 6. The minimum atomic E-state index is -0.0233. The van der Waals surface area contributed by atoms with E-state index in [0.29, 0.717) is 5.65 Å². The first kappa shape index (κ1) is 19.1. The third-order valence-electron chi connectivity index (χ3n) is 5.56. The number of nitrogens with one attached hydrogen (secondary N) is 1. The van der Waals surface area contributed by atoms with Crippen molar-refractivity contribution >= 4 is 23.1 Å². The minimum Gasteiger partial charge on any atom is -0.355 e. The van der Waals surface area contributed by atoms with Gasteiger partial charge < -0.3 is 10.2 Å². The molecule has 156 valence electrons. The molecule has 0 atom stereocenters. The molecule has 4 aromatic rings. The van der Waals surface area contributed by atoms with Crippen molar-refractivity contribution in [2.75, 3.05) is 23.3 Å². The molecule has 9 heteroatoms. The van der Waals surface area contributed by atoms with Crippen LogP contribution in [0.4, 0.5) is 11.5 Å². The summed E-state index contributed by atoms with van der Waals surface area (Å²) in [5, 5.41) is 23.8. The topological polar surface area (TPSA) is 101 Å². The summed E-state index contributed by atoms with van der Waals surface area (Å²) in [5.41, 5.74) is 4.06. The van der Waals surface area contributed by atoms with Gasteiger partial charge in [0.05, 0.1) is 11.4 Å². The highest BCUT2D eigenvalue weighted by atomic mass is 16.1. The van der Waals surface area contributed by atoms with Crippen molar-refractivity contribution in [3.05, 3.63) is 60.6 Å². The Bertz CT molecular complexity index is 1210. The average molecular weight is 414 g/mol. The van der Waals surface area contributed by atoms with Crippen molar-refractivity contribution in [2.24, 2.45) is 5.92 Å². The molecule has 9 nitrogen and oxygen atoms in total. The molecule has 1 aliphatic rings. The first-order chi connectivity index (χ1) is 15.2. The third kappa shape index (κ3) is 4.07. The van der Waals surface area contributed by atoms with Crippen molar-refractivity contribution in [1.29, 1.82) is 0 Å². The number of carbonyl (C=O) groups is 1. The van der Waals surface area contributed by atoms with Crippen LogP contribution >= 0.6 is 0 Å². The van der Waals surface area contributed by atoms with Crippen LogP contribution in [0.15, 0.2) is 54.9 Å². The SMILES string of the molecule is Cc1ccc(N2CCC(C(=O)Nc3cccc(-c4ccc5nncn5n4)c3)CC2)nn1. The van der Waals surface area contributed by atoms with Gasteiger partial charge in [-0.2, -0.15) is 14.7 Å². The number of rotatable bonds is 4. The van der Waals surface area contributed by atoms with Gasteiger partial charge in [0.1, 0.15) is 6.33 Å². The smallest absolute Gasteiger partial charge is 0.227 e. The number of amides is 1. The number of fused-ring (bicyclic) bond motifs is 1. The molecule has 1 saturated heterocycles. The Morgan fingerprint density at radius 2 is 1.90 bits per heavy atom. The fourth-order valence-corrected chi connectivity index (χ4v) is 3.81. The average Bonchev–Trinajstić information content (AvgIpc) is 3.28. The molecule has 3 aromatic heterocycles. The number of benzene rings is 1. The molecule has 1 N–H and O–H groups in total. The summed E-state index contributed by atoms with van der Waals surface area (Å²) in [7, 11) is 0. The van der Waals surface area contributed by atoms with Crippen LogP contribution in [0.25, 0.3) is 16.9 Å². The molecule has 1 aliphatic heterocycles. The Morgan fingerprint density at radius 1 is 1.03 bits per heavy atom. The summed E-state index contributed by atoms with van der Waals surface area (Å²) in [6.07, 6.45) is 3.14. The molecular formula is C22H22N8O. The lowest BCUT2D eigenvalue weighted by Gasteiger charge is -2.31. The largest absolute Gasteiger partial charge is 0.355 e. The first-order valence-corrected chi connectivity index (χ1v) is 10.3. The van der Waals surface area contributed by atoms with Crippen LogP contribution in [0.5, 0.6) is 0 Å². The molecule has 0 radical (unpaired) electrons. The van der Waals surface area contributed by atoms with Gasteiger partial charge in [0.2, 0.25) is 5.91 Å². The summed E-state index contributed by atoms with van der Waals surface area (Å²) in [6, 6.07) is 15.4. The van der Waals surface area contributed by atoms with Gasteiger partial charge in [-0.3, -0.25) is 4.79 Å². The summed E-state index contributed by atoms with van der Waals surface area (Å²) >= 11 is 0. The van der Waals surface area contributed by atoms with Crippen LogP contribution in [0, 0.1) is 12.8 Å². The molecule has 1 aromatic carbocycles. The molecule has 0 bridgehead atoms. The number of nitrogens with zero attached hydrogens (tertiary/aromatic N) is 7. The maximum Gasteiger partial charge on any atom is 0.227 e. The van der Waals surface area contributed by atoms with Crippen LogP contribution in [-0.4, -0.2) is 49.0 Å². The van der Waals surface area contributed by atoms with Gasteiger partial charge in [0, 0.05) is 30.3 Å². The van der Waals surface area contributed by atoms with Crippen LogP contribution < -0.4 is 10.2 Å². The molecule has 0 spiro atoms. The monoisotopic (exact) mass is 414 g/mol. The van der Waals surface area contributed by atoms with Gasteiger partial charge in [-0.1, -0.05) is 12.1 Å². The standard InChI is InChI=1S/C22H22N8O/c1-15-5-7-20(27-25-15)29-11-9-16(10-12-29)22(31)24-18-4-2-3-17(13-18)19-6-8-21-26-23-14-30(21)28-19/h2-8,13-14,16H,9-12H2,1H3,(H,24,31). The van der Waals surface area contributed by atoms with Crippen molar-refractivity contribution in [3.8, 4) is 11.3 Å². The summed E-state index contributed by atoms with van der Waals surface area (Å²) < 4.78 is 1.63. The zero-order valence-corrected chi connectivity index (χ0v) is 17.1. The Morgan fingerprint density at radius 3 is 2.71 bits per heavy atom. The van der Waals surface area contributed by atoms with Crippen molar-refractivity contribution < 1.29 is 4.79 Å². The second-order valence-corrected chi connectivity index (χ2v) is 7.72. The van der Waals surface area contributed by atoms with Gasteiger partial charge in [0.15, 0.2) is 11.5 Å². The number of aryl methyl sites for hydroxylation is 1. The predicted molar refractivity (Wildman–Crippen MR) is 117 cm³/mol. The Labute approximate surface area is 179 Å². The Balaban J connectivity index is 1.23. The van der Waals surface area contributed by atoms with E-state index in [2.05, 4.69) is 35.7 Å². The second-order valence-electron chi connectivity index (χ2n) is 7.72. The molecule has 4 heterocycles. The number of carbonyl (C=O) groups excluding carboxylic acids is 1. The summed E-state index contributed by atoms with van der Waals surface area (Å²) in [6.45, 7) is 3.50. The van der Waals surface area contributed by atoms with Crippen molar-refractivity contribution in [2.45, 2.75) is 19.8 Å². The van der Waals surface area contributed by atoms with E-state index in [0.717, 1.165) is 54.4 Å². The molecule has 5 rings (SSSR count). The Kier molecular flexibility index (Phi) is 4.99. The number of anilines is 2. The molecule has 1 fully saturated rings. The van der Waals surface area contributed by atoms with Crippen molar-refractivity contribution in [1.82, 2.24) is 30.0 Å². The third-order valence-corrected chi connectivity index (χ3v) is 5.56. The van der Waals surface area contributed by atoms with Crippen LogP contribution in [0.2, 0.25) is 0 Å². The highest BCUT2D eigenvalue weighted by Gasteiger charge is 2.26. The summed E-state index contributed by atoms with van der Waals surface area (Å²) in [5.74, 6) is 0.897. The van der Waals surface area contributed by atoms with E-state index in [4.69, 9.17) is 0 Å².